The van der Waals surface area contributed by atoms with Crippen molar-refractivity contribution < 1.29 is 4.42 Å². The van der Waals surface area contributed by atoms with E-state index < -0.39 is 0 Å². The number of para-hydroxylation sites is 2. The van der Waals surface area contributed by atoms with Gasteiger partial charge in [-0.15, -0.1) is 11.3 Å². The van der Waals surface area contributed by atoms with Gasteiger partial charge in [0.1, 0.15) is 5.58 Å². The highest BCUT2D eigenvalue weighted by atomic mass is 32.1. The summed E-state index contributed by atoms with van der Waals surface area (Å²) in [6.45, 7) is 0. The van der Waals surface area contributed by atoms with E-state index in [1.165, 1.54) is 70.3 Å². The third-order valence-electron chi connectivity index (χ3n) is 8.10. The van der Waals surface area contributed by atoms with E-state index in [-0.39, 0.29) is 0 Å². The molecule has 0 bridgehead atoms. The number of nitrogens with zero attached hydrogens (tertiary/aromatic N) is 1. The zero-order valence-electron chi connectivity index (χ0n) is 20.9. The molecule has 3 aromatic heterocycles. The molecule has 2 nitrogen and oxygen atoms in total. The lowest BCUT2D eigenvalue weighted by Gasteiger charge is -2.13. The Balaban J connectivity index is 1.51. The van der Waals surface area contributed by atoms with Crippen LogP contribution in [0.15, 0.2) is 131 Å². The molecule has 0 N–H and O–H groups in total. The maximum absolute atomic E-state index is 5.82. The van der Waals surface area contributed by atoms with Crippen molar-refractivity contribution in [1.82, 2.24) is 4.57 Å². The second-order valence-electron chi connectivity index (χ2n) is 10.2. The van der Waals surface area contributed by atoms with Gasteiger partial charge in [0, 0.05) is 37.5 Å². The SMILES string of the molecule is c1ccc(-n2c3ccccc3c3cc4c(-c5csc6ccccc56)cc5cc6occc6cc5c4cc32)cc1. The Hall–Kier alpha value is -4.86. The zero-order valence-corrected chi connectivity index (χ0v) is 21.7. The highest BCUT2D eigenvalue weighted by Crippen LogP contribution is 2.44. The van der Waals surface area contributed by atoms with Crippen molar-refractivity contribution >= 4 is 75.7 Å². The van der Waals surface area contributed by atoms with Crippen LogP contribution in [0.2, 0.25) is 0 Å². The van der Waals surface area contributed by atoms with Gasteiger partial charge in [-0.2, -0.15) is 0 Å². The molecular weight excluding hydrogens is 494 g/mol. The van der Waals surface area contributed by atoms with E-state index in [9.17, 15) is 0 Å². The van der Waals surface area contributed by atoms with Crippen LogP contribution in [0, 0.1) is 0 Å². The minimum Gasteiger partial charge on any atom is -0.464 e. The zero-order chi connectivity index (χ0) is 25.5. The minimum absolute atomic E-state index is 0.919. The second-order valence-corrected chi connectivity index (χ2v) is 11.1. The predicted octanol–water partition coefficient (Wildman–Crippen LogP) is 10.7. The molecule has 39 heavy (non-hydrogen) atoms. The Labute approximate surface area is 227 Å². The summed E-state index contributed by atoms with van der Waals surface area (Å²) in [4.78, 5) is 0. The van der Waals surface area contributed by atoms with Crippen LogP contribution in [0.1, 0.15) is 0 Å². The van der Waals surface area contributed by atoms with Crippen molar-refractivity contribution in [2.45, 2.75) is 0 Å². The number of rotatable bonds is 2. The standard InChI is InChI=1S/C36H21NOS/c1-2-8-24(9-3-1)37-33-12-6-4-10-25(33)31-19-29-28(32-21-39-36-13-7-5-11-26(32)36)17-23-18-35-22(14-15-38-35)16-27(23)30(29)20-34(31)37/h1-21H. The first-order valence-electron chi connectivity index (χ1n) is 13.2. The first-order chi connectivity index (χ1) is 19.3. The molecule has 0 unspecified atom stereocenters. The molecule has 0 fully saturated rings. The van der Waals surface area contributed by atoms with E-state index in [1.54, 1.807) is 6.26 Å². The van der Waals surface area contributed by atoms with Crippen molar-refractivity contribution in [3.8, 4) is 16.8 Å². The molecule has 0 atom stereocenters. The Morgan fingerprint density at radius 2 is 1.33 bits per heavy atom. The van der Waals surface area contributed by atoms with Gasteiger partial charge in [-0.3, -0.25) is 0 Å². The number of hydrogen-bond donors (Lipinski definition) is 0. The van der Waals surface area contributed by atoms with Crippen molar-refractivity contribution in [3.63, 3.8) is 0 Å². The van der Waals surface area contributed by atoms with Crippen LogP contribution < -0.4 is 0 Å². The van der Waals surface area contributed by atoms with Crippen LogP contribution >= 0.6 is 11.3 Å². The van der Waals surface area contributed by atoms with Crippen molar-refractivity contribution in [2.75, 3.05) is 0 Å². The summed E-state index contributed by atoms with van der Waals surface area (Å²) in [5.41, 5.74) is 7.08. The molecule has 0 aliphatic heterocycles. The van der Waals surface area contributed by atoms with Gasteiger partial charge in [-0.1, -0.05) is 54.6 Å². The molecule has 6 aromatic carbocycles. The van der Waals surface area contributed by atoms with Gasteiger partial charge in [0.15, 0.2) is 0 Å². The Bertz CT molecular complexity index is 2390. The molecule has 0 aliphatic carbocycles. The normalized spacial score (nSPS) is 12.1. The van der Waals surface area contributed by atoms with Gasteiger partial charge in [0.2, 0.25) is 0 Å². The summed E-state index contributed by atoms with van der Waals surface area (Å²) in [5.74, 6) is 0. The molecule has 3 heteroatoms. The van der Waals surface area contributed by atoms with Crippen LogP contribution in [0.25, 0.3) is 81.2 Å². The van der Waals surface area contributed by atoms with E-state index in [0.717, 1.165) is 11.0 Å². The van der Waals surface area contributed by atoms with Crippen molar-refractivity contribution in [3.05, 3.63) is 127 Å². The summed E-state index contributed by atoms with van der Waals surface area (Å²) in [5, 5.41) is 12.2. The second kappa shape index (κ2) is 7.83. The number of hydrogen-bond acceptors (Lipinski definition) is 2. The summed E-state index contributed by atoms with van der Waals surface area (Å²) in [6.07, 6.45) is 1.78. The molecule has 182 valence electrons. The summed E-state index contributed by atoms with van der Waals surface area (Å²) < 4.78 is 9.53. The first-order valence-corrected chi connectivity index (χ1v) is 14.0. The average molecular weight is 516 g/mol. The van der Waals surface area contributed by atoms with Gasteiger partial charge in [-0.05, 0) is 93.2 Å². The summed E-state index contributed by atoms with van der Waals surface area (Å²) in [7, 11) is 0. The lowest BCUT2D eigenvalue weighted by atomic mass is 9.91. The fraction of sp³-hybridized carbons (Fsp3) is 0. The highest BCUT2D eigenvalue weighted by Gasteiger charge is 2.18. The van der Waals surface area contributed by atoms with Crippen LogP contribution in [0.5, 0.6) is 0 Å². The smallest absolute Gasteiger partial charge is 0.134 e. The number of furan rings is 1. The topological polar surface area (TPSA) is 18.1 Å². The quantitative estimate of drug-likeness (QED) is 0.209. The number of thiophene rings is 1. The lowest BCUT2D eigenvalue weighted by molar-refractivity contribution is 0.616. The largest absolute Gasteiger partial charge is 0.464 e. The Morgan fingerprint density at radius 3 is 2.26 bits per heavy atom. The summed E-state index contributed by atoms with van der Waals surface area (Å²) >= 11 is 1.81. The van der Waals surface area contributed by atoms with Gasteiger partial charge in [-0.25, -0.2) is 0 Å². The third kappa shape index (κ3) is 2.96. The maximum atomic E-state index is 5.82. The molecule has 0 saturated heterocycles. The predicted molar refractivity (Wildman–Crippen MR) is 166 cm³/mol. The minimum atomic E-state index is 0.919. The van der Waals surface area contributed by atoms with E-state index >= 15 is 0 Å². The van der Waals surface area contributed by atoms with E-state index in [4.69, 9.17) is 4.42 Å². The fourth-order valence-corrected chi connectivity index (χ4v) is 7.30. The van der Waals surface area contributed by atoms with Gasteiger partial charge in [0.05, 0.1) is 17.3 Å². The van der Waals surface area contributed by atoms with Gasteiger partial charge < -0.3 is 8.98 Å². The molecule has 0 aliphatic rings. The van der Waals surface area contributed by atoms with E-state index in [0.29, 0.717) is 0 Å². The van der Waals surface area contributed by atoms with Crippen LogP contribution in [0.4, 0.5) is 0 Å². The highest BCUT2D eigenvalue weighted by molar-refractivity contribution is 7.17. The lowest BCUT2D eigenvalue weighted by Crippen LogP contribution is -1.93. The molecule has 9 aromatic rings. The Morgan fingerprint density at radius 1 is 0.513 bits per heavy atom. The monoisotopic (exact) mass is 515 g/mol. The molecule has 0 spiro atoms. The van der Waals surface area contributed by atoms with Crippen molar-refractivity contribution in [1.29, 1.82) is 0 Å². The molecule has 0 radical (unpaired) electrons. The van der Waals surface area contributed by atoms with Crippen LogP contribution in [-0.2, 0) is 0 Å². The number of aromatic nitrogens is 1. The Kier molecular flexibility index (Phi) is 4.24. The molecule has 0 saturated carbocycles. The average Bonchev–Trinajstić information content (AvgIpc) is 3.70. The third-order valence-corrected chi connectivity index (χ3v) is 9.07. The maximum Gasteiger partial charge on any atom is 0.134 e. The van der Waals surface area contributed by atoms with Gasteiger partial charge in [0.25, 0.3) is 0 Å². The number of benzene rings is 6. The number of fused-ring (bicyclic) bond motifs is 8. The fourth-order valence-electron chi connectivity index (χ4n) is 6.34. The molecule has 9 rings (SSSR count). The van der Waals surface area contributed by atoms with E-state index in [2.05, 4.69) is 125 Å². The molecule has 3 heterocycles. The summed E-state index contributed by atoms with van der Waals surface area (Å²) in [6, 6.07) is 41.9. The molecular formula is C36H21NOS. The first kappa shape index (κ1) is 21.1. The van der Waals surface area contributed by atoms with Crippen LogP contribution in [0.3, 0.4) is 0 Å². The van der Waals surface area contributed by atoms with Gasteiger partial charge >= 0.3 is 0 Å². The van der Waals surface area contributed by atoms with E-state index in [1.807, 2.05) is 11.3 Å². The van der Waals surface area contributed by atoms with Crippen LogP contribution in [-0.4, -0.2) is 4.57 Å². The molecule has 0 amide bonds. The van der Waals surface area contributed by atoms with Crippen molar-refractivity contribution in [2.24, 2.45) is 0 Å².